The first kappa shape index (κ1) is 26.1. The third kappa shape index (κ3) is 5.19. The van der Waals surface area contributed by atoms with Crippen LogP contribution < -0.4 is 4.74 Å². The van der Waals surface area contributed by atoms with Gasteiger partial charge in [0.25, 0.3) is 0 Å². The Labute approximate surface area is 227 Å². The zero-order valence-corrected chi connectivity index (χ0v) is 22.2. The molecule has 2 aliphatic heterocycles. The van der Waals surface area contributed by atoms with Crippen molar-refractivity contribution < 1.29 is 29.2 Å². The van der Waals surface area contributed by atoms with Crippen LogP contribution in [0.4, 0.5) is 0 Å². The highest BCUT2D eigenvalue weighted by molar-refractivity contribution is 6.31. The average Bonchev–Trinajstić information content (AvgIpc) is 3.29. The van der Waals surface area contributed by atoms with E-state index in [0.29, 0.717) is 49.7 Å². The zero-order valence-electron chi connectivity index (χ0n) is 21.4. The van der Waals surface area contributed by atoms with Gasteiger partial charge in [-0.25, -0.2) is 4.90 Å². The first-order valence-electron chi connectivity index (χ1n) is 13.4. The fourth-order valence-electron chi connectivity index (χ4n) is 5.67. The summed E-state index contributed by atoms with van der Waals surface area (Å²) < 4.78 is 22.8. The summed E-state index contributed by atoms with van der Waals surface area (Å²) in [4.78, 5) is 5.62. The molecular formula is C29H35ClN2O6. The molecule has 0 spiro atoms. The summed E-state index contributed by atoms with van der Waals surface area (Å²) in [6, 6.07) is 13.6. The number of aromatic amines is 1. The van der Waals surface area contributed by atoms with Crippen LogP contribution in [0.3, 0.4) is 0 Å². The van der Waals surface area contributed by atoms with Crippen molar-refractivity contribution in [2.45, 2.75) is 38.1 Å². The van der Waals surface area contributed by atoms with Gasteiger partial charge >= 0.3 is 0 Å². The van der Waals surface area contributed by atoms with E-state index in [9.17, 15) is 10.2 Å². The van der Waals surface area contributed by atoms with Gasteiger partial charge in [0.1, 0.15) is 19.1 Å². The lowest BCUT2D eigenvalue weighted by atomic mass is 9.86. The van der Waals surface area contributed by atoms with Crippen LogP contribution in [0.5, 0.6) is 5.75 Å². The second-order valence-corrected chi connectivity index (χ2v) is 11.3. The maximum Gasteiger partial charge on any atom is 0.216 e. The molecule has 0 bridgehead atoms. The smallest absolute Gasteiger partial charge is 0.216 e. The Morgan fingerprint density at radius 3 is 2.63 bits per heavy atom. The number of hydrogen-bond acceptors (Lipinski definition) is 7. The largest absolute Gasteiger partial charge is 0.493 e. The quantitative estimate of drug-likeness (QED) is 0.348. The van der Waals surface area contributed by atoms with Gasteiger partial charge in [-0.05, 0) is 66.6 Å². The van der Waals surface area contributed by atoms with E-state index in [2.05, 4.69) is 4.98 Å². The van der Waals surface area contributed by atoms with Crippen molar-refractivity contribution in [3.05, 3.63) is 64.3 Å². The number of aromatic nitrogens is 1. The Balaban J connectivity index is 1.26. The third-order valence-corrected chi connectivity index (χ3v) is 8.41. The number of benzene rings is 2. The van der Waals surface area contributed by atoms with E-state index in [0.717, 1.165) is 28.6 Å². The van der Waals surface area contributed by atoms with Gasteiger partial charge in [-0.2, -0.15) is 0 Å². The molecule has 0 amide bonds. The van der Waals surface area contributed by atoms with Crippen molar-refractivity contribution in [1.82, 2.24) is 9.88 Å². The van der Waals surface area contributed by atoms with Crippen LogP contribution in [0.25, 0.3) is 10.9 Å². The van der Waals surface area contributed by atoms with Crippen LogP contribution in [-0.2, 0) is 20.6 Å². The number of aliphatic hydroxyl groups is 2. The molecule has 1 saturated carbocycles. The third-order valence-electron chi connectivity index (χ3n) is 8.18. The van der Waals surface area contributed by atoms with E-state index in [4.69, 9.17) is 30.5 Å². The minimum Gasteiger partial charge on any atom is -0.493 e. The fraction of sp³-hybridized carbons (Fsp3) is 0.517. The molecule has 204 valence electrons. The van der Waals surface area contributed by atoms with Crippen molar-refractivity contribution in [3.8, 4) is 5.75 Å². The van der Waals surface area contributed by atoms with Gasteiger partial charge in [-0.15, -0.1) is 0 Å². The van der Waals surface area contributed by atoms with Crippen molar-refractivity contribution in [2.75, 3.05) is 46.4 Å². The lowest BCUT2D eigenvalue weighted by Gasteiger charge is -2.39. The molecule has 2 aromatic carbocycles. The summed E-state index contributed by atoms with van der Waals surface area (Å²) in [5.74, 6) is 1.23. The zero-order chi connectivity index (χ0) is 26.1. The molecule has 1 saturated heterocycles. The number of fused-ring (bicyclic) bond motifs is 3. The molecule has 1 aliphatic carbocycles. The average molecular weight is 543 g/mol. The van der Waals surface area contributed by atoms with Crippen LogP contribution >= 0.6 is 11.6 Å². The van der Waals surface area contributed by atoms with Gasteiger partial charge < -0.3 is 34.1 Å². The van der Waals surface area contributed by atoms with Crippen molar-refractivity contribution in [3.63, 3.8) is 0 Å². The summed E-state index contributed by atoms with van der Waals surface area (Å²) >= 11 is 6.33. The molecule has 38 heavy (non-hydrogen) atoms. The number of halogens is 1. The minimum atomic E-state index is -1.00. The van der Waals surface area contributed by atoms with E-state index in [1.807, 2.05) is 47.4 Å². The van der Waals surface area contributed by atoms with Crippen molar-refractivity contribution >= 4 is 22.5 Å². The molecule has 8 nitrogen and oxygen atoms in total. The van der Waals surface area contributed by atoms with Crippen LogP contribution in [0.15, 0.2) is 42.5 Å². The van der Waals surface area contributed by atoms with Gasteiger partial charge in [-0.3, -0.25) is 0 Å². The topological polar surface area (TPSA) is 96.4 Å². The predicted molar refractivity (Wildman–Crippen MR) is 143 cm³/mol. The molecule has 2 fully saturated rings. The number of H-pyrrole nitrogens is 1. The van der Waals surface area contributed by atoms with Crippen LogP contribution in [0, 0.1) is 11.3 Å². The summed E-state index contributed by atoms with van der Waals surface area (Å²) in [6.07, 6.45) is 3.35. The minimum absolute atomic E-state index is 0.0754. The van der Waals surface area contributed by atoms with Gasteiger partial charge in [-0.1, -0.05) is 30.2 Å². The Hall–Kier alpha value is -2.17. The lowest BCUT2D eigenvalue weighted by molar-refractivity contribution is -0.213. The number of nitrogens with one attached hydrogen (secondary N) is 1. The van der Waals surface area contributed by atoms with E-state index in [-0.39, 0.29) is 19.4 Å². The second-order valence-electron chi connectivity index (χ2n) is 10.9. The summed E-state index contributed by atoms with van der Waals surface area (Å²) in [6.45, 7) is 2.47. The number of aliphatic hydroxyl groups excluding tert-OH is 2. The highest BCUT2D eigenvalue weighted by Gasteiger charge is 2.37. The molecule has 3 aliphatic rings. The summed E-state index contributed by atoms with van der Waals surface area (Å²) in [7, 11) is 0. The Kier molecular flexibility index (Phi) is 7.64. The Morgan fingerprint density at radius 2 is 1.92 bits per heavy atom. The maximum absolute atomic E-state index is 11.2. The Morgan fingerprint density at radius 1 is 1.13 bits per heavy atom. The van der Waals surface area contributed by atoms with Crippen molar-refractivity contribution in [1.29, 1.82) is 0 Å². The van der Waals surface area contributed by atoms with Gasteiger partial charge in [0.05, 0.1) is 37.9 Å². The second kappa shape index (κ2) is 11.1. The van der Waals surface area contributed by atoms with E-state index in [1.165, 1.54) is 24.8 Å². The predicted octanol–water partition coefficient (Wildman–Crippen LogP) is 4.22. The van der Waals surface area contributed by atoms with Crippen LogP contribution in [-0.4, -0.2) is 72.9 Å². The first-order chi connectivity index (χ1) is 18.5. The molecule has 9 heteroatoms. The molecule has 2 atom stereocenters. The van der Waals surface area contributed by atoms with Crippen molar-refractivity contribution in [2.24, 2.45) is 11.3 Å². The van der Waals surface area contributed by atoms with Crippen LogP contribution in [0.2, 0.25) is 5.02 Å². The van der Waals surface area contributed by atoms with E-state index in [1.54, 1.807) is 0 Å². The summed E-state index contributed by atoms with van der Waals surface area (Å²) in [5, 5.41) is 22.9. The van der Waals surface area contributed by atoms with Gasteiger partial charge in [0, 0.05) is 28.2 Å². The molecule has 6 rings (SSSR count). The number of hydrogen-bond donors (Lipinski definition) is 3. The first-order valence-corrected chi connectivity index (χ1v) is 13.8. The fourth-order valence-corrected chi connectivity index (χ4v) is 5.84. The van der Waals surface area contributed by atoms with Gasteiger partial charge in [0.15, 0.2) is 0 Å². The molecule has 1 aromatic heterocycles. The van der Waals surface area contributed by atoms with Gasteiger partial charge in [0.2, 0.25) is 6.41 Å². The normalized spacial score (nSPS) is 22.7. The molecule has 3 N–H and O–H groups in total. The monoisotopic (exact) mass is 542 g/mol. The van der Waals surface area contributed by atoms with E-state index < -0.39 is 11.8 Å². The standard InChI is InChI=1S/C29H35ClN2O6/c30-21-6-9-25-24(12-21)23-10-11-32(28(34)37-13-19-2-1-3-19)27(26(23)31-25)20-4-7-22(8-5-20)38-17-29(14-33)15-35-18-36-16-29/h4-9,12,19,27-28,31,33-34H,1-3,10-11,13-18H2/t27-,28?/m0/s1. The lowest BCUT2D eigenvalue weighted by Crippen LogP contribution is -2.45. The van der Waals surface area contributed by atoms with Crippen LogP contribution in [0.1, 0.15) is 42.1 Å². The molecular weight excluding hydrogens is 508 g/mol. The maximum atomic E-state index is 11.2. The van der Waals surface area contributed by atoms with E-state index >= 15 is 0 Å². The number of rotatable bonds is 9. The SMILES string of the molecule is OCC1(COc2ccc([C@H]3c4[nH]c5ccc(Cl)cc5c4CCN3C(O)OCC3CCC3)cc2)COCOC1. The number of nitrogens with zero attached hydrogens (tertiary/aromatic N) is 1. The molecule has 1 unspecified atom stereocenters. The highest BCUT2D eigenvalue weighted by Crippen LogP contribution is 2.40. The Bertz CT molecular complexity index is 1240. The number of ether oxygens (including phenoxy) is 4. The highest BCUT2D eigenvalue weighted by atomic mass is 35.5. The molecule has 3 aromatic rings. The molecule has 3 heterocycles. The molecule has 0 radical (unpaired) electrons. The summed E-state index contributed by atoms with van der Waals surface area (Å²) in [5.41, 5.74) is 3.74.